The standard InChI is InChI=1S/C11H13NO/c1-13-6-2-3-7-8-5-10(8)11(12)9(7)4-6/h2-4,8,10-11H,5,12H2,1H3/t8-,10-,11-/m0/s1. The van der Waals surface area contributed by atoms with Gasteiger partial charge >= 0.3 is 0 Å². The van der Waals surface area contributed by atoms with Gasteiger partial charge in [0.25, 0.3) is 0 Å². The van der Waals surface area contributed by atoms with Gasteiger partial charge in [-0.05, 0) is 41.5 Å². The Morgan fingerprint density at radius 3 is 3.00 bits per heavy atom. The molecule has 0 aliphatic heterocycles. The molecular formula is C11H13NO. The van der Waals surface area contributed by atoms with Crippen LogP contribution in [0.1, 0.15) is 29.5 Å². The van der Waals surface area contributed by atoms with Crippen LogP contribution < -0.4 is 10.5 Å². The lowest BCUT2D eigenvalue weighted by Crippen LogP contribution is -2.09. The molecule has 0 heterocycles. The summed E-state index contributed by atoms with van der Waals surface area (Å²) in [6.07, 6.45) is 1.29. The molecule has 2 heteroatoms. The summed E-state index contributed by atoms with van der Waals surface area (Å²) in [5, 5.41) is 0. The minimum Gasteiger partial charge on any atom is -0.497 e. The van der Waals surface area contributed by atoms with Gasteiger partial charge in [-0.3, -0.25) is 0 Å². The highest BCUT2D eigenvalue weighted by Crippen LogP contribution is 2.61. The summed E-state index contributed by atoms with van der Waals surface area (Å²) in [7, 11) is 1.70. The molecule has 2 nitrogen and oxygen atoms in total. The van der Waals surface area contributed by atoms with Crippen LogP contribution in [0.4, 0.5) is 0 Å². The highest BCUT2D eigenvalue weighted by atomic mass is 16.5. The number of nitrogens with two attached hydrogens (primary N) is 1. The van der Waals surface area contributed by atoms with Crippen molar-refractivity contribution in [2.75, 3.05) is 7.11 Å². The molecule has 0 spiro atoms. The number of fused-ring (bicyclic) bond motifs is 3. The molecule has 2 aliphatic rings. The van der Waals surface area contributed by atoms with Gasteiger partial charge < -0.3 is 10.5 Å². The lowest BCUT2D eigenvalue weighted by Gasteiger charge is -2.10. The monoisotopic (exact) mass is 175 g/mol. The van der Waals surface area contributed by atoms with Crippen molar-refractivity contribution < 1.29 is 4.74 Å². The van der Waals surface area contributed by atoms with Gasteiger partial charge in [-0.25, -0.2) is 0 Å². The largest absolute Gasteiger partial charge is 0.497 e. The topological polar surface area (TPSA) is 35.2 Å². The van der Waals surface area contributed by atoms with E-state index in [1.165, 1.54) is 17.5 Å². The second kappa shape index (κ2) is 2.26. The van der Waals surface area contributed by atoms with E-state index in [0.29, 0.717) is 0 Å². The van der Waals surface area contributed by atoms with E-state index in [0.717, 1.165) is 17.6 Å². The maximum Gasteiger partial charge on any atom is 0.119 e. The Morgan fingerprint density at radius 2 is 2.23 bits per heavy atom. The zero-order valence-electron chi connectivity index (χ0n) is 7.66. The zero-order valence-corrected chi connectivity index (χ0v) is 7.66. The van der Waals surface area contributed by atoms with Crippen LogP contribution in [0, 0.1) is 5.92 Å². The molecule has 2 N–H and O–H groups in total. The third kappa shape index (κ3) is 0.866. The van der Waals surface area contributed by atoms with Crippen LogP contribution in [0.25, 0.3) is 0 Å². The third-order valence-electron chi connectivity index (χ3n) is 3.35. The van der Waals surface area contributed by atoms with E-state index in [4.69, 9.17) is 10.5 Å². The second-order valence-electron chi connectivity index (χ2n) is 4.03. The number of benzene rings is 1. The number of rotatable bonds is 1. The van der Waals surface area contributed by atoms with Crippen LogP contribution in [0.5, 0.6) is 5.75 Å². The molecule has 1 fully saturated rings. The van der Waals surface area contributed by atoms with Crippen LogP contribution in [0.3, 0.4) is 0 Å². The van der Waals surface area contributed by atoms with Gasteiger partial charge in [0, 0.05) is 6.04 Å². The maximum atomic E-state index is 6.10. The molecule has 0 saturated heterocycles. The highest BCUT2D eigenvalue weighted by Gasteiger charge is 2.50. The fraction of sp³-hybridized carbons (Fsp3) is 0.455. The van der Waals surface area contributed by atoms with Crippen molar-refractivity contribution in [2.24, 2.45) is 11.7 Å². The minimum atomic E-state index is 0.259. The van der Waals surface area contributed by atoms with Crippen LogP contribution >= 0.6 is 0 Å². The molecule has 1 saturated carbocycles. The summed E-state index contributed by atoms with van der Waals surface area (Å²) in [4.78, 5) is 0. The van der Waals surface area contributed by atoms with Gasteiger partial charge in [-0.15, -0.1) is 0 Å². The third-order valence-corrected chi connectivity index (χ3v) is 3.35. The van der Waals surface area contributed by atoms with Gasteiger partial charge in [-0.1, -0.05) is 6.07 Å². The average molecular weight is 175 g/mol. The quantitative estimate of drug-likeness (QED) is 0.706. The predicted molar refractivity (Wildman–Crippen MR) is 50.8 cm³/mol. The second-order valence-corrected chi connectivity index (χ2v) is 4.03. The molecule has 0 unspecified atom stereocenters. The van der Waals surface area contributed by atoms with Gasteiger partial charge in [-0.2, -0.15) is 0 Å². The van der Waals surface area contributed by atoms with Crippen molar-refractivity contribution in [3.8, 4) is 5.75 Å². The van der Waals surface area contributed by atoms with Crippen LogP contribution in [-0.2, 0) is 0 Å². The fourth-order valence-corrected chi connectivity index (χ4v) is 2.51. The molecule has 1 aromatic carbocycles. The molecule has 0 bridgehead atoms. The Labute approximate surface area is 77.7 Å². The van der Waals surface area contributed by atoms with Crippen molar-refractivity contribution in [3.63, 3.8) is 0 Å². The Balaban J connectivity index is 2.11. The molecule has 3 atom stereocenters. The Hall–Kier alpha value is -1.02. The minimum absolute atomic E-state index is 0.259. The van der Waals surface area contributed by atoms with Crippen molar-refractivity contribution >= 4 is 0 Å². The number of methoxy groups -OCH3 is 1. The fourth-order valence-electron chi connectivity index (χ4n) is 2.51. The first-order valence-electron chi connectivity index (χ1n) is 4.74. The molecule has 3 rings (SSSR count). The average Bonchev–Trinajstić information content (AvgIpc) is 2.91. The van der Waals surface area contributed by atoms with Gasteiger partial charge in [0.05, 0.1) is 7.11 Å². The predicted octanol–water partition coefficient (Wildman–Crippen LogP) is 1.81. The van der Waals surface area contributed by atoms with Gasteiger partial charge in [0.15, 0.2) is 0 Å². The number of hydrogen-bond donors (Lipinski definition) is 1. The SMILES string of the molecule is COc1ccc2c(c1)[C@H](N)[C@H]1C[C@@H]21. The Kier molecular flexibility index (Phi) is 1.29. The Bertz CT molecular complexity index is 361. The summed E-state index contributed by atoms with van der Waals surface area (Å²) in [6.45, 7) is 0. The number of ether oxygens (including phenoxy) is 1. The van der Waals surface area contributed by atoms with Crippen molar-refractivity contribution in [3.05, 3.63) is 29.3 Å². The van der Waals surface area contributed by atoms with Crippen LogP contribution in [0.15, 0.2) is 18.2 Å². The van der Waals surface area contributed by atoms with Crippen molar-refractivity contribution in [2.45, 2.75) is 18.4 Å². The van der Waals surface area contributed by atoms with Crippen LogP contribution in [-0.4, -0.2) is 7.11 Å². The van der Waals surface area contributed by atoms with Crippen LogP contribution in [0.2, 0.25) is 0 Å². The van der Waals surface area contributed by atoms with Gasteiger partial charge in [0.1, 0.15) is 5.75 Å². The summed E-state index contributed by atoms with van der Waals surface area (Å²) in [5.41, 5.74) is 8.86. The Morgan fingerprint density at radius 1 is 1.38 bits per heavy atom. The van der Waals surface area contributed by atoms with E-state index in [1.807, 2.05) is 6.07 Å². The van der Waals surface area contributed by atoms with E-state index in [1.54, 1.807) is 7.11 Å². The summed E-state index contributed by atoms with van der Waals surface area (Å²) < 4.78 is 5.18. The first-order valence-corrected chi connectivity index (χ1v) is 4.74. The molecule has 2 aliphatic carbocycles. The van der Waals surface area contributed by atoms with E-state index >= 15 is 0 Å². The van der Waals surface area contributed by atoms with E-state index < -0.39 is 0 Å². The van der Waals surface area contributed by atoms with Crippen molar-refractivity contribution in [1.29, 1.82) is 0 Å². The first-order chi connectivity index (χ1) is 6.31. The molecule has 68 valence electrons. The zero-order chi connectivity index (χ0) is 9.00. The summed E-state index contributed by atoms with van der Waals surface area (Å²) >= 11 is 0. The smallest absolute Gasteiger partial charge is 0.119 e. The lowest BCUT2D eigenvalue weighted by molar-refractivity contribution is 0.413. The summed E-state index contributed by atoms with van der Waals surface area (Å²) in [6, 6.07) is 6.56. The van der Waals surface area contributed by atoms with Crippen molar-refractivity contribution in [1.82, 2.24) is 0 Å². The molecule has 0 aromatic heterocycles. The lowest BCUT2D eigenvalue weighted by atomic mass is 10.0. The van der Waals surface area contributed by atoms with E-state index in [2.05, 4.69) is 12.1 Å². The number of hydrogen-bond acceptors (Lipinski definition) is 2. The van der Waals surface area contributed by atoms with Gasteiger partial charge in [0.2, 0.25) is 0 Å². The maximum absolute atomic E-state index is 6.10. The van der Waals surface area contributed by atoms with E-state index in [-0.39, 0.29) is 6.04 Å². The first kappa shape index (κ1) is 7.39. The molecule has 0 amide bonds. The summed E-state index contributed by atoms with van der Waals surface area (Å²) in [5.74, 6) is 2.41. The van der Waals surface area contributed by atoms with E-state index in [9.17, 15) is 0 Å². The highest BCUT2D eigenvalue weighted by molar-refractivity contribution is 5.48. The molecule has 0 radical (unpaired) electrons. The molecular weight excluding hydrogens is 162 g/mol. The molecule has 1 aromatic rings. The normalized spacial score (nSPS) is 33.8. The molecule has 13 heavy (non-hydrogen) atoms.